The third kappa shape index (κ3) is 5.46. The molecule has 0 fully saturated rings. The highest BCUT2D eigenvalue weighted by Gasteiger charge is 2.08. The largest absolute Gasteiger partial charge is 0.394 e. The van der Waals surface area contributed by atoms with Gasteiger partial charge in [0.2, 0.25) is 0 Å². The predicted molar refractivity (Wildman–Crippen MR) is 88.7 cm³/mol. The van der Waals surface area contributed by atoms with Crippen molar-refractivity contribution < 1.29 is 4.79 Å². The molecule has 0 bridgehead atoms. The summed E-state index contributed by atoms with van der Waals surface area (Å²) in [6.07, 6.45) is 2.80. The van der Waals surface area contributed by atoms with Crippen LogP contribution in [0.3, 0.4) is 0 Å². The lowest BCUT2D eigenvalue weighted by Crippen LogP contribution is -2.21. The van der Waals surface area contributed by atoms with E-state index in [1.165, 1.54) is 11.1 Å². The first-order valence-corrected chi connectivity index (χ1v) is 7.38. The minimum Gasteiger partial charge on any atom is -0.394 e. The van der Waals surface area contributed by atoms with Crippen LogP contribution in [-0.4, -0.2) is 5.78 Å². The number of carbonyl (C=O) groups excluding carboxylic acids is 1. The quantitative estimate of drug-likeness (QED) is 0.567. The molecule has 0 aliphatic rings. The molecule has 0 saturated carbocycles. The van der Waals surface area contributed by atoms with Crippen molar-refractivity contribution in [1.82, 2.24) is 5.32 Å². The van der Waals surface area contributed by atoms with Gasteiger partial charge in [0.1, 0.15) is 0 Å². The third-order valence-electron chi connectivity index (χ3n) is 3.48. The zero-order chi connectivity index (χ0) is 15.8. The van der Waals surface area contributed by atoms with Crippen LogP contribution in [0, 0.1) is 0 Å². The number of nitrogens with two attached hydrogens (primary N) is 1. The molecule has 0 atom stereocenters. The molecule has 1 aromatic rings. The van der Waals surface area contributed by atoms with Crippen LogP contribution in [0.4, 0.5) is 0 Å². The molecule has 0 aliphatic heterocycles. The number of carbonyl (C=O) groups is 1. The van der Waals surface area contributed by atoms with Gasteiger partial charge in [0, 0.05) is 18.7 Å². The fraction of sp³-hybridized carbons (Fsp3) is 0.389. The summed E-state index contributed by atoms with van der Waals surface area (Å²) in [6.45, 7) is 10.5. The maximum Gasteiger partial charge on any atom is 0.180 e. The molecule has 0 aromatic heterocycles. The molecule has 0 saturated heterocycles. The summed E-state index contributed by atoms with van der Waals surface area (Å²) >= 11 is 0. The van der Waals surface area contributed by atoms with E-state index in [2.05, 4.69) is 50.0 Å². The topological polar surface area (TPSA) is 55.1 Å². The summed E-state index contributed by atoms with van der Waals surface area (Å²) < 4.78 is 0. The zero-order valence-corrected chi connectivity index (χ0v) is 13.3. The van der Waals surface area contributed by atoms with Crippen LogP contribution < -0.4 is 11.1 Å². The van der Waals surface area contributed by atoms with Crippen LogP contribution in [0.1, 0.15) is 50.7 Å². The lowest BCUT2D eigenvalue weighted by atomic mass is 10.0. The summed E-state index contributed by atoms with van der Waals surface area (Å²) in [6, 6.07) is 8.48. The number of rotatable bonds is 8. The molecule has 0 unspecified atom stereocenters. The molecule has 0 radical (unpaired) electrons. The van der Waals surface area contributed by atoms with E-state index in [9.17, 15) is 4.79 Å². The van der Waals surface area contributed by atoms with Gasteiger partial charge in [0.15, 0.2) is 5.78 Å². The lowest BCUT2D eigenvalue weighted by molar-refractivity contribution is -0.115. The summed E-state index contributed by atoms with van der Waals surface area (Å²) in [4.78, 5) is 11.8. The monoisotopic (exact) mass is 286 g/mol. The predicted octanol–water partition coefficient (Wildman–Crippen LogP) is 3.63. The molecule has 0 aliphatic carbocycles. The molecule has 3 nitrogen and oxygen atoms in total. The van der Waals surface area contributed by atoms with Crippen molar-refractivity contribution in [2.75, 3.05) is 0 Å². The van der Waals surface area contributed by atoms with E-state index < -0.39 is 0 Å². The van der Waals surface area contributed by atoms with Gasteiger partial charge in [-0.2, -0.15) is 0 Å². The van der Waals surface area contributed by atoms with Crippen molar-refractivity contribution in [3.63, 3.8) is 0 Å². The first-order valence-electron chi connectivity index (χ1n) is 7.38. The lowest BCUT2D eigenvalue weighted by Gasteiger charge is -2.11. The van der Waals surface area contributed by atoms with E-state index in [0.717, 1.165) is 5.70 Å². The Morgan fingerprint density at radius 3 is 2.48 bits per heavy atom. The highest BCUT2D eigenvalue weighted by atomic mass is 16.1. The van der Waals surface area contributed by atoms with Crippen molar-refractivity contribution >= 4 is 5.78 Å². The Morgan fingerprint density at radius 1 is 1.33 bits per heavy atom. The fourth-order valence-electron chi connectivity index (χ4n) is 1.93. The molecule has 0 amide bonds. The second-order valence-electron chi connectivity index (χ2n) is 5.54. The van der Waals surface area contributed by atoms with Gasteiger partial charge in [-0.3, -0.25) is 4.79 Å². The minimum absolute atomic E-state index is 0.0324. The summed E-state index contributed by atoms with van der Waals surface area (Å²) in [5, 5.41) is 3.21. The standard InChI is InChI=1S/C18H26N2O/c1-5-6-7-17(21)18(19)14(4)20-12-15-8-10-16(11-9-15)13(2)3/h5,8-11,13,20H,1,6-7,12,19H2,2-4H3/b18-14-. The van der Waals surface area contributed by atoms with Crippen molar-refractivity contribution in [2.24, 2.45) is 5.73 Å². The number of benzene rings is 1. The number of nitrogens with one attached hydrogen (secondary N) is 1. The Bertz CT molecular complexity index is 513. The number of hydrogen-bond acceptors (Lipinski definition) is 3. The van der Waals surface area contributed by atoms with Crippen molar-refractivity contribution in [2.45, 2.75) is 46.1 Å². The van der Waals surface area contributed by atoms with Gasteiger partial charge in [-0.25, -0.2) is 0 Å². The van der Waals surface area contributed by atoms with Crippen LogP contribution >= 0.6 is 0 Å². The smallest absolute Gasteiger partial charge is 0.180 e. The first-order chi connectivity index (χ1) is 9.95. The van der Waals surface area contributed by atoms with E-state index in [1.807, 2.05) is 6.92 Å². The van der Waals surface area contributed by atoms with Gasteiger partial charge in [0.25, 0.3) is 0 Å². The minimum atomic E-state index is -0.0324. The van der Waals surface area contributed by atoms with Crippen LogP contribution in [0.5, 0.6) is 0 Å². The third-order valence-corrected chi connectivity index (χ3v) is 3.48. The summed E-state index contributed by atoms with van der Waals surface area (Å²) in [5.74, 6) is 0.502. The Morgan fingerprint density at radius 2 is 1.95 bits per heavy atom. The number of Topliss-reactive ketones (excluding diaryl/α,β-unsaturated/α-hetero) is 1. The molecule has 0 heterocycles. The normalized spacial score (nSPS) is 12.0. The maximum absolute atomic E-state index is 11.8. The van der Waals surface area contributed by atoms with E-state index in [1.54, 1.807) is 6.08 Å². The highest BCUT2D eigenvalue weighted by Crippen LogP contribution is 2.14. The molecular formula is C18H26N2O. The van der Waals surface area contributed by atoms with Crippen LogP contribution in [0.25, 0.3) is 0 Å². The number of ketones is 1. The molecule has 21 heavy (non-hydrogen) atoms. The van der Waals surface area contributed by atoms with E-state index in [-0.39, 0.29) is 5.78 Å². The number of hydrogen-bond donors (Lipinski definition) is 2. The van der Waals surface area contributed by atoms with Crippen LogP contribution in [0.2, 0.25) is 0 Å². The maximum atomic E-state index is 11.8. The Labute approximate surface area is 127 Å². The second kappa shape index (κ2) is 8.30. The molecule has 0 spiro atoms. The Balaban J connectivity index is 2.60. The van der Waals surface area contributed by atoms with E-state index in [4.69, 9.17) is 5.73 Å². The van der Waals surface area contributed by atoms with Crippen molar-refractivity contribution in [3.8, 4) is 0 Å². The zero-order valence-electron chi connectivity index (χ0n) is 13.3. The second-order valence-corrected chi connectivity index (χ2v) is 5.54. The summed E-state index contributed by atoms with van der Waals surface area (Å²) in [7, 11) is 0. The molecule has 1 rings (SSSR count). The Kier molecular flexibility index (Phi) is 6.73. The van der Waals surface area contributed by atoms with Crippen LogP contribution in [-0.2, 0) is 11.3 Å². The fourth-order valence-corrected chi connectivity index (χ4v) is 1.93. The SMILES string of the molecule is C=CCCC(=O)/C(N)=C(\C)NCc1ccc(C(C)C)cc1. The summed E-state index contributed by atoms with van der Waals surface area (Å²) in [5.41, 5.74) is 9.41. The Hall–Kier alpha value is -2.03. The van der Waals surface area contributed by atoms with Gasteiger partial charge < -0.3 is 11.1 Å². The van der Waals surface area contributed by atoms with Gasteiger partial charge in [0.05, 0.1) is 5.70 Å². The van der Waals surface area contributed by atoms with Crippen LogP contribution in [0.15, 0.2) is 48.3 Å². The van der Waals surface area contributed by atoms with Crippen molar-refractivity contribution in [3.05, 3.63) is 59.4 Å². The molecule has 3 heteroatoms. The van der Waals surface area contributed by atoms with E-state index in [0.29, 0.717) is 31.0 Å². The average Bonchev–Trinajstić information content (AvgIpc) is 2.49. The molecule has 3 N–H and O–H groups in total. The van der Waals surface area contributed by atoms with Gasteiger partial charge >= 0.3 is 0 Å². The molecular weight excluding hydrogens is 260 g/mol. The van der Waals surface area contributed by atoms with Crippen molar-refractivity contribution in [1.29, 1.82) is 0 Å². The highest BCUT2D eigenvalue weighted by molar-refractivity contribution is 5.95. The van der Waals surface area contributed by atoms with Gasteiger partial charge in [-0.05, 0) is 30.4 Å². The average molecular weight is 286 g/mol. The first kappa shape index (κ1) is 17.0. The number of allylic oxidation sites excluding steroid dienone is 3. The van der Waals surface area contributed by atoms with Gasteiger partial charge in [-0.15, -0.1) is 6.58 Å². The van der Waals surface area contributed by atoms with E-state index >= 15 is 0 Å². The molecule has 114 valence electrons. The molecule has 1 aromatic carbocycles. The van der Waals surface area contributed by atoms with Gasteiger partial charge in [-0.1, -0.05) is 44.2 Å².